The molecule has 1 aromatic heterocycles. The molecule has 0 saturated heterocycles. The first-order valence-corrected chi connectivity index (χ1v) is 7.19. The number of nitrogens with two attached hydrogens (primary N) is 1. The van der Waals surface area contributed by atoms with Gasteiger partial charge in [-0.2, -0.15) is 0 Å². The molecule has 2 N–H and O–H groups in total. The molecule has 1 aromatic carbocycles. The first kappa shape index (κ1) is 13.1. The molecule has 4 nitrogen and oxygen atoms in total. The standard InChI is InChI=1S/C12H14ClN3OS/c1-9-15-4-5-16(9)6-7-18(17)10-2-3-12(14)11(13)8-10/h2-5,8H,6-7,14H2,1H3. The van der Waals surface area contributed by atoms with Gasteiger partial charge >= 0.3 is 0 Å². The Morgan fingerprint density at radius 2 is 2.28 bits per heavy atom. The number of halogens is 1. The number of hydrogen-bond donors (Lipinski definition) is 1. The molecule has 0 fully saturated rings. The molecule has 0 aliphatic heterocycles. The van der Waals surface area contributed by atoms with Crippen LogP contribution in [0.2, 0.25) is 5.02 Å². The topological polar surface area (TPSA) is 60.9 Å². The first-order chi connectivity index (χ1) is 8.58. The number of anilines is 1. The van der Waals surface area contributed by atoms with Crippen LogP contribution in [-0.4, -0.2) is 19.5 Å². The van der Waals surface area contributed by atoms with E-state index in [0.717, 1.165) is 5.82 Å². The summed E-state index contributed by atoms with van der Waals surface area (Å²) in [4.78, 5) is 4.82. The predicted molar refractivity (Wildman–Crippen MR) is 74.1 cm³/mol. The molecule has 0 amide bonds. The van der Waals surface area contributed by atoms with E-state index in [4.69, 9.17) is 17.3 Å². The molecule has 0 aliphatic rings. The molecule has 2 rings (SSSR count). The maximum absolute atomic E-state index is 12.1. The normalized spacial score (nSPS) is 12.6. The molecule has 6 heteroatoms. The molecule has 0 radical (unpaired) electrons. The highest BCUT2D eigenvalue weighted by atomic mass is 35.5. The van der Waals surface area contributed by atoms with E-state index < -0.39 is 10.8 Å². The van der Waals surface area contributed by atoms with Gasteiger partial charge in [0.15, 0.2) is 0 Å². The second kappa shape index (κ2) is 5.54. The lowest BCUT2D eigenvalue weighted by molar-refractivity contribution is 0.670. The largest absolute Gasteiger partial charge is 0.398 e. The van der Waals surface area contributed by atoms with Gasteiger partial charge in [-0.05, 0) is 25.1 Å². The van der Waals surface area contributed by atoms with Crippen LogP contribution in [0.15, 0.2) is 35.5 Å². The van der Waals surface area contributed by atoms with Crippen molar-refractivity contribution in [3.05, 3.63) is 41.4 Å². The van der Waals surface area contributed by atoms with Crippen molar-refractivity contribution >= 4 is 28.1 Å². The third kappa shape index (κ3) is 2.91. The molecule has 0 saturated carbocycles. The van der Waals surface area contributed by atoms with Crippen LogP contribution < -0.4 is 5.73 Å². The third-order valence-corrected chi connectivity index (χ3v) is 4.34. The molecular formula is C12H14ClN3OS. The van der Waals surface area contributed by atoms with Gasteiger partial charge in [-0.15, -0.1) is 0 Å². The van der Waals surface area contributed by atoms with Crippen molar-refractivity contribution in [3.8, 4) is 0 Å². The van der Waals surface area contributed by atoms with Gasteiger partial charge in [0.1, 0.15) is 5.82 Å². The third-order valence-electron chi connectivity index (χ3n) is 2.68. The van der Waals surface area contributed by atoms with E-state index in [-0.39, 0.29) is 0 Å². The summed E-state index contributed by atoms with van der Waals surface area (Å²) < 4.78 is 14.1. The van der Waals surface area contributed by atoms with E-state index in [1.54, 1.807) is 24.4 Å². The van der Waals surface area contributed by atoms with Crippen LogP contribution >= 0.6 is 11.6 Å². The van der Waals surface area contributed by atoms with Crippen LogP contribution in [0.3, 0.4) is 0 Å². The lowest BCUT2D eigenvalue weighted by Crippen LogP contribution is -2.08. The molecule has 1 unspecified atom stereocenters. The first-order valence-electron chi connectivity index (χ1n) is 5.49. The van der Waals surface area contributed by atoms with Gasteiger partial charge in [0.2, 0.25) is 0 Å². The predicted octanol–water partition coefficient (Wildman–Crippen LogP) is 2.23. The second-order valence-corrected chi connectivity index (χ2v) is 5.88. The minimum Gasteiger partial charge on any atom is -0.398 e. The molecular weight excluding hydrogens is 270 g/mol. The van der Waals surface area contributed by atoms with E-state index in [1.165, 1.54) is 0 Å². The highest BCUT2D eigenvalue weighted by Gasteiger charge is 2.07. The molecule has 1 heterocycles. The summed E-state index contributed by atoms with van der Waals surface area (Å²) in [7, 11) is -1.08. The van der Waals surface area contributed by atoms with Crippen molar-refractivity contribution in [1.82, 2.24) is 9.55 Å². The molecule has 96 valence electrons. The van der Waals surface area contributed by atoms with Crippen LogP contribution in [0, 0.1) is 6.92 Å². The molecule has 0 spiro atoms. The fraction of sp³-hybridized carbons (Fsp3) is 0.250. The minimum absolute atomic E-state index is 0.444. The number of imidazole rings is 1. The summed E-state index contributed by atoms with van der Waals surface area (Å²) >= 11 is 5.91. The van der Waals surface area contributed by atoms with Gasteiger partial charge in [0.25, 0.3) is 0 Å². The second-order valence-electron chi connectivity index (χ2n) is 3.90. The van der Waals surface area contributed by atoms with Crippen LogP contribution in [-0.2, 0) is 17.3 Å². The van der Waals surface area contributed by atoms with Crippen molar-refractivity contribution < 1.29 is 4.21 Å². The lowest BCUT2D eigenvalue weighted by Gasteiger charge is -2.06. The lowest BCUT2D eigenvalue weighted by atomic mass is 10.3. The van der Waals surface area contributed by atoms with Gasteiger partial charge < -0.3 is 10.3 Å². The van der Waals surface area contributed by atoms with Gasteiger partial charge in [-0.1, -0.05) is 11.6 Å². The molecule has 0 bridgehead atoms. The van der Waals surface area contributed by atoms with Crippen molar-refractivity contribution in [3.63, 3.8) is 0 Å². The molecule has 2 aromatic rings. The Hall–Kier alpha value is -1.33. The van der Waals surface area contributed by atoms with Gasteiger partial charge in [0, 0.05) is 29.6 Å². The average molecular weight is 284 g/mol. The summed E-state index contributed by atoms with van der Waals surface area (Å²) in [5, 5.41) is 0.444. The summed E-state index contributed by atoms with van der Waals surface area (Å²) in [6.45, 7) is 2.59. The van der Waals surface area contributed by atoms with Crippen LogP contribution in [0.25, 0.3) is 0 Å². The fourth-order valence-electron chi connectivity index (χ4n) is 1.59. The fourth-order valence-corrected chi connectivity index (χ4v) is 2.90. The molecule has 1 atom stereocenters. The zero-order valence-electron chi connectivity index (χ0n) is 9.97. The number of nitrogen functional groups attached to an aromatic ring is 1. The monoisotopic (exact) mass is 283 g/mol. The zero-order chi connectivity index (χ0) is 13.1. The highest BCUT2D eigenvalue weighted by Crippen LogP contribution is 2.21. The van der Waals surface area contributed by atoms with E-state index in [0.29, 0.717) is 27.9 Å². The van der Waals surface area contributed by atoms with Gasteiger partial charge in [0.05, 0.1) is 21.5 Å². The van der Waals surface area contributed by atoms with Crippen LogP contribution in [0.4, 0.5) is 5.69 Å². The molecule has 0 aliphatic carbocycles. The summed E-state index contributed by atoms with van der Waals surface area (Å²) in [5.41, 5.74) is 6.12. The maximum atomic E-state index is 12.1. The Kier molecular flexibility index (Phi) is 4.04. The summed E-state index contributed by atoms with van der Waals surface area (Å²) in [6, 6.07) is 5.09. The number of aromatic nitrogens is 2. The van der Waals surface area contributed by atoms with Crippen molar-refractivity contribution in [2.75, 3.05) is 11.5 Å². The number of nitrogens with zero attached hydrogens (tertiary/aromatic N) is 2. The zero-order valence-corrected chi connectivity index (χ0v) is 11.5. The van der Waals surface area contributed by atoms with Crippen molar-refractivity contribution in [2.45, 2.75) is 18.4 Å². The summed E-state index contributed by atoms with van der Waals surface area (Å²) in [6.07, 6.45) is 3.61. The number of rotatable bonds is 4. The smallest absolute Gasteiger partial charge is 0.105 e. The van der Waals surface area contributed by atoms with E-state index in [2.05, 4.69) is 4.98 Å². The Labute approximate surface area is 113 Å². The Morgan fingerprint density at radius 3 is 2.89 bits per heavy atom. The number of aryl methyl sites for hydroxylation is 2. The van der Waals surface area contributed by atoms with Crippen molar-refractivity contribution in [2.24, 2.45) is 0 Å². The van der Waals surface area contributed by atoms with Crippen molar-refractivity contribution in [1.29, 1.82) is 0 Å². The molecule has 18 heavy (non-hydrogen) atoms. The number of benzene rings is 1. The minimum atomic E-state index is -1.08. The number of hydrogen-bond acceptors (Lipinski definition) is 3. The van der Waals surface area contributed by atoms with E-state index in [9.17, 15) is 4.21 Å². The van der Waals surface area contributed by atoms with Crippen LogP contribution in [0.5, 0.6) is 0 Å². The average Bonchev–Trinajstić information content (AvgIpc) is 2.75. The quantitative estimate of drug-likeness (QED) is 0.876. The maximum Gasteiger partial charge on any atom is 0.105 e. The Balaban J connectivity index is 2.04. The van der Waals surface area contributed by atoms with E-state index in [1.807, 2.05) is 17.7 Å². The van der Waals surface area contributed by atoms with E-state index >= 15 is 0 Å². The van der Waals surface area contributed by atoms with Gasteiger partial charge in [-0.3, -0.25) is 4.21 Å². The van der Waals surface area contributed by atoms with Gasteiger partial charge in [-0.25, -0.2) is 4.98 Å². The Bertz CT molecular complexity index is 582. The SMILES string of the molecule is Cc1nccn1CCS(=O)c1ccc(N)c(Cl)c1. The van der Waals surface area contributed by atoms with Crippen LogP contribution in [0.1, 0.15) is 5.82 Å². The summed E-state index contributed by atoms with van der Waals surface area (Å²) in [5.74, 6) is 1.44. The Morgan fingerprint density at radius 1 is 1.50 bits per heavy atom. The highest BCUT2D eigenvalue weighted by molar-refractivity contribution is 7.85.